The van der Waals surface area contributed by atoms with Gasteiger partial charge in [0, 0.05) is 11.6 Å². The van der Waals surface area contributed by atoms with Gasteiger partial charge in [-0.3, -0.25) is 4.79 Å². The van der Waals surface area contributed by atoms with Gasteiger partial charge in [0.1, 0.15) is 17.5 Å². The summed E-state index contributed by atoms with van der Waals surface area (Å²) >= 11 is 0. The van der Waals surface area contributed by atoms with E-state index in [2.05, 4.69) is 11.4 Å². The fourth-order valence-electron chi connectivity index (χ4n) is 2.96. The van der Waals surface area contributed by atoms with Crippen LogP contribution in [0.5, 0.6) is 5.75 Å². The van der Waals surface area contributed by atoms with Crippen molar-refractivity contribution in [1.29, 1.82) is 5.26 Å². The van der Waals surface area contributed by atoms with Gasteiger partial charge in [-0.2, -0.15) is 5.26 Å². The number of carbonyl (C=O) groups is 1. The van der Waals surface area contributed by atoms with E-state index < -0.39 is 17.7 Å². The SMILES string of the molecule is CC1(C)Oc2ccc(C#N)cc2[C@H](NC(=O)/C=C/c2ccccc2)[C@H]1O. The Balaban J connectivity index is 1.87. The van der Waals surface area contributed by atoms with E-state index in [1.807, 2.05) is 30.3 Å². The molecule has 0 unspecified atom stereocenters. The molecule has 5 heteroatoms. The van der Waals surface area contributed by atoms with E-state index in [1.54, 1.807) is 38.1 Å². The van der Waals surface area contributed by atoms with Crippen molar-refractivity contribution in [2.24, 2.45) is 0 Å². The summed E-state index contributed by atoms with van der Waals surface area (Å²) in [6.07, 6.45) is 2.18. The van der Waals surface area contributed by atoms with Crippen molar-refractivity contribution in [3.05, 3.63) is 71.3 Å². The number of aliphatic hydroxyl groups is 1. The number of hydrogen-bond donors (Lipinski definition) is 2. The first kappa shape index (κ1) is 17.7. The van der Waals surface area contributed by atoms with Crippen molar-refractivity contribution in [3.8, 4) is 11.8 Å². The zero-order valence-electron chi connectivity index (χ0n) is 14.6. The van der Waals surface area contributed by atoms with Crippen molar-refractivity contribution in [2.75, 3.05) is 0 Å². The number of hydrogen-bond acceptors (Lipinski definition) is 4. The normalized spacial score (nSPS) is 20.7. The third-order valence-corrected chi connectivity index (χ3v) is 4.40. The lowest BCUT2D eigenvalue weighted by molar-refractivity contribution is -0.121. The van der Waals surface area contributed by atoms with Gasteiger partial charge in [-0.05, 0) is 43.7 Å². The number of benzene rings is 2. The summed E-state index contributed by atoms with van der Waals surface area (Å²) < 4.78 is 5.84. The average Bonchev–Trinajstić information content (AvgIpc) is 2.64. The van der Waals surface area contributed by atoms with E-state index in [-0.39, 0.29) is 5.91 Å². The Labute approximate surface area is 152 Å². The summed E-state index contributed by atoms with van der Waals surface area (Å²) in [4.78, 5) is 12.4. The smallest absolute Gasteiger partial charge is 0.244 e. The third-order valence-electron chi connectivity index (χ3n) is 4.40. The minimum Gasteiger partial charge on any atom is -0.485 e. The molecule has 0 bridgehead atoms. The molecule has 132 valence electrons. The minimum atomic E-state index is -0.960. The van der Waals surface area contributed by atoms with Crippen LogP contribution < -0.4 is 10.1 Å². The maximum Gasteiger partial charge on any atom is 0.244 e. The number of fused-ring (bicyclic) bond motifs is 1. The van der Waals surface area contributed by atoms with E-state index >= 15 is 0 Å². The first-order valence-corrected chi connectivity index (χ1v) is 8.35. The highest BCUT2D eigenvalue weighted by Crippen LogP contribution is 2.40. The first-order chi connectivity index (χ1) is 12.4. The van der Waals surface area contributed by atoms with Crippen molar-refractivity contribution < 1.29 is 14.6 Å². The number of nitrogens with zero attached hydrogens (tertiary/aromatic N) is 1. The second kappa shape index (κ2) is 7.03. The number of carbonyl (C=O) groups excluding carboxylic acids is 1. The standard InChI is InChI=1S/C21H20N2O3/c1-21(2)20(25)19(16-12-15(13-22)8-10-17(16)26-21)23-18(24)11-9-14-6-4-3-5-7-14/h3-12,19-20,25H,1-2H3,(H,23,24)/b11-9+/t19-,20+/m0/s1. The Morgan fingerprint density at radius 1 is 1.27 bits per heavy atom. The molecule has 0 aliphatic carbocycles. The monoisotopic (exact) mass is 348 g/mol. The Hall–Kier alpha value is -3.10. The van der Waals surface area contributed by atoms with Crippen molar-refractivity contribution in [1.82, 2.24) is 5.32 Å². The average molecular weight is 348 g/mol. The van der Waals surface area contributed by atoms with Gasteiger partial charge in [-0.25, -0.2) is 0 Å². The molecule has 1 heterocycles. The van der Waals surface area contributed by atoms with Gasteiger partial charge in [0.25, 0.3) is 0 Å². The molecule has 0 aromatic heterocycles. The van der Waals surface area contributed by atoms with Crippen LogP contribution in [-0.4, -0.2) is 22.7 Å². The van der Waals surface area contributed by atoms with Gasteiger partial charge in [0.15, 0.2) is 0 Å². The quantitative estimate of drug-likeness (QED) is 0.836. The van der Waals surface area contributed by atoms with E-state index in [9.17, 15) is 9.90 Å². The van der Waals surface area contributed by atoms with Gasteiger partial charge in [0.2, 0.25) is 5.91 Å². The zero-order valence-corrected chi connectivity index (χ0v) is 14.6. The molecule has 0 saturated carbocycles. The highest BCUT2D eigenvalue weighted by Gasteiger charge is 2.43. The summed E-state index contributed by atoms with van der Waals surface area (Å²) in [6, 6.07) is 15.9. The van der Waals surface area contributed by atoms with Gasteiger partial charge in [-0.1, -0.05) is 30.3 Å². The lowest BCUT2D eigenvalue weighted by atomic mass is 9.86. The highest BCUT2D eigenvalue weighted by molar-refractivity contribution is 5.92. The molecule has 3 rings (SSSR count). The number of rotatable bonds is 3. The molecular formula is C21H20N2O3. The molecule has 5 nitrogen and oxygen atoms in total. The lowest BCUT2D eigenvalue weighted by Gasteiger charge is -2.42. The number of aliphatic hydroxyl groups excluding tert-OH is 1. The molecule has 0 spiro atoms. The first-order valence-electron chi connectivity index (χ1n) is 8.35. The Morgan fingerprint density at radius 2 is 2.00 bits per heavy atom. The van der Waals surface area contributed by atoms with Crippen LogP contribution in [0.25, 0.3) is 6.08 Å². The van der Waals surface area contributed by atoms with Crippen LogP contribution in [0.2, 0.25) is 0 Å². The maximum atomic E-state index is 12.4. The molecule has 1 amide bonds. The summed E-state index contributed by atoms with van der Waals surface area (Å²) in [7, 11) is 0. The van der Waals surface area contributed by atoms with Crippen LogP contribution in [0.3, 0.4) is 0 Å². The zero-order chi connectivity index (χ0) is 18.7. The lowest BCUT2D eigenvalue weighted by Crippen LogP contribution is -2.53. The molecular weight excluding hydrogens is 328 g/mol. The molecule has 0 saturated heterocycles. The highest BCUT2D eigenvalue weighted by atomic mass is 16.5. The summed E-state index contributed by atoms with van der Waals surface area (Å²) in [6.45, 7) is 3.52. The molecule has 2 N–H and O–H groups in total. The van der Waals surface area contributed by atoms with Gasteiger partial charge in [0.05, 0.1) is 17.7 Å². The van der Waals surface area contributed by atoms with E-state index in [4.69, 9.17) is 10.00 Å². The van der Waals surface area contributed by atoms with Crippen LogP contribution in [0.4, 0.5) is 0 Å². The van der Waals surface area contributed by atoms with Gasteiger partial charge in [-0.15, -0.1) is 0 Å². The van der Waals surface area contributed by atoms with E-state index in [0.717, 1.165) is 5.56 Å². The Morgan fingerprint density at radius 3 is 2.69 bits per heavy atom. The van der Waals surface area contributed by atoms with Crippen molar-refractivity contribution in [3.63, 3.8) is 0 Å². The number of amides is 1. The topological polar surface area (TPSA) is 82.3 Å². The van der Waals surface area contributed by atoms with E-state index in [0.29, 0.717) is 16.9 Å². The van der Waals surface area contributed by atoms with Crippen LogP contribution in [0.1, 0.15) is 36.6 Å². The molecule has 2 aromatic carbocycles. The second-order valence-electron chi connectivity index (χ2n) is 6.75. The largest absolute Gasteiger partial charge is 0.485 e. The Kier molecular flexibility index (Phi) is 4.79. The minimum absolute atomic E-state index is 0.330. The Bertz CT molecular complexity index is 882. The van der Waals surface area contributed by atoms with Crippen LogP contribution >= 0.6 is 0 Å². The van der Waals surface area contributed by atoms with Crippen molar-refractivity contribution >= 4 is 12.0 Å². The van der Waals surface area contributed by atoms with Gasteiger partial charge >= 0.3 is 0 Å². The third kappa shape index (κ3) is 3.61. The molecule has 1 aliphatic heterocycles. The predicted molar refractivity (Wildman–Crippen MR) is 98.2 cm³/mol. The van der Waals surface area contributed by atoms with Crippen molar-refractivity contribution in [2.45, 2.75) is 31.6 Å². The molecule has 0 fully saturated rings. The summed E-state index contributed by atoms with van der Waals surface area (Å²) in [5.74, 6) is 0.223. The van der Waals surface area contributed by atoms with Crippen LogP contribution in [0.15, 0.2) is 54.6 Å². The van der Waals surface area contributed by atoms with Crippen LogP contribution in [-0.2, 0) is 4.79 Å². The predicted octanol–water partition coefficient (Wildman–Crippen LogP) is 2.96. The van der Waals surface area contributed by atoms with Gasteiger partial charge < -0.3 is 15.2 Å². The molecule has 2 aromatic rings. The number of nitriles is 1. The second-order valence-corrected chi connectivity index (χ2v) is 6.75. The number of ether oxygens (including phenoxy) is 1. The summed E-state index contributed by atoms with van der Waals surface area (Å²) in [5.41, 5.74) is 1.07. The fourth-order valence-corrected chi connectivity index (χ4v) is 2.96. The number of nitrogens with one attached hydrogen (secondary N) is 1. The molecule has 0 radical (unpaired) electrons. The molecule has 1 aliphatic rings. The maximum absolute atomic E-state index is 12.4. The molecule has 26 heavy (non-hydrogen) atoms. The van der Waals surface area contributed by atoms with Crippen LogP contribution in [0, 0.1) is 11.3 Å². The fraction of sp³-hybridized carbons (Fsp3) is 0.238. The van der Waals surface area contributed by atoms with E-state index in [1.165, 1.54) is 6.08 Å². The molecule has 2 atom stereocenters. The summed E-state index contributed by atoms with van der Waals surface area (Å²) in [5, 5.41) is 22.7.